The van der Waals surface area contributed by atoms with Crippen LogP contribution in [0.1, 0.15) is 18.5 Å². The van der Waals surface area contributed by atoms with E-state index >= 15 is 0 Å². The summed E-state index contributed by atoms with van der Waals surface area (Å²) in [7, 11) is 0. The van der Waals surface area contributed by atoms with E-state index < -0.39 is 0 Å². The molecule has 0 spiro atoms. The van der Waals surface area contributed by atoms with Crippen LogP contribution in [-0.2, 0) is 9.59 Å². The predicted molar refractivity (Wildman–Crippen MR) is 89.0 cm³/mol. The first kappa shape index (κ1) is 16.8. The van der Waals surface area contributed by atoms with Crippen LogP contribution >= 0.6 is 0 Å². The number of hydrogen-bond donors (Lipinski definition) is 2. The molecule has 0 radical (unpaired) electrons. The standard InChI is InChI=1S/C18H17FN2O4/c1-11(12-2-7-16-15(8-12)21-18(23)10-25-16)20-17(22)9-24-14-5-3-13(19)4-6-14/h2-8,11H,9-10H2,1H3,(H,20,22)(H,21,23)/t11-/m1/s1. The van der Waals surface area contributed by atoms with E-state index in [4.69, 9.17) is 9.47 Å². The fourth-order valence-corrected chi connectivity index (χ4v) is 2.42. The SMILES string of the molecule is C[C@@H](NC(=O)COc1ccc(F)cc1)c1ccc2c(c1)NC(=O)CO2. The zero-order valence-electron chi connectivity index (χ0n) is 13.5. The highest BCUT2D eigenvalue weighted by Gasteiger charge is 2.18. The van der Waals surface area contributed by atoms with Crippen molar-refractivity contribution in [2.45, 2.75) is 13.0 Å². The minimum Gasteiger partial charge on any atom is -0.484 e. The van der Waals surface area contributed by atoms with Crippen molar-refractivity contribution in [1.29, 1.82) is 0 Å². The molecule has 0 bridgehead atoms. The van der Waals surface area contributed by atoms with Gasteiger partial charge in [0.05, 0.1) is 11.7 Å². The number of halogens is 1. The molecule has 3 rings (SSSR count). The Labute approximate surface area is 143 Å². The molecule has 130 valence electrons. The van der Waals surface area contributed by atoms with Gasteiger partial charge in [-0.1, -0.05) is 6.07 Å². The average molecular weight is 344 g/mol. The average Bonchev–Trinajstić information content (AvgIpc) is 2.60. The van der Waals surface area contributed by atoms with Gasteiger partial charge in [-0.05, 0) is 48.9 Å². The van der Waals surface area contributed by atoms with Crippen molar-refractivity contribution >= 4 is 17.5 Å². The van der Waals surface area contributed by atoms with Gasteiger partial charge in [-0.15, -0.1) is 0 Å². The molecule has 1 atom stereocenters. The van der Waals surface area contributed by atoms with E-state index in [0.717, 1.165) is 5.56 Å². The summed E-state index contributed by atoms with van der Waals surface area (Å²) in [4.78, 5) is 23.4. The summed E-state index contributed by atoms with van der Waals surface area (Å²) in [5.41, 5.74) is 1.40. The van der Waals surface area contributed by atoms with Gasteiger partial charge in [-0.3, -0.25) is 9.59 Å². The second kappa shape index (κ2) is 7.21. The van der Waals surface area contributed by atoms with Crippen molar-refractivity contribution < 1.29 is 23.5 Å². The molecule has 25 heavy (non-hydrogen) atoms. The Morgan fingerprint density at radius 1 is 1.32 bits per heavy atom. The number of fused-ring (bicyclic) bond motifs is 1. The van der Waals surface area contributed by atoms with Crippen LogP contribution in [-0.4, -0.2) is 25.0 Å². The third-order valence-electron chi connectivity index (χ3n) is 3.70. The van der Waals surface area contributed by atoms with Crippen LogP contribution in [0.3, 0.4) is 0 Å². The Hall–Kier alpha value is -3.09. The maximum atomic E-state index is 12.8. The zero-order valence-corrected chi connectivity index (χ0v) is 13.5. The van der Waals surface area contributed by atoms with Crippen LogP contribution < -0.4 is 20.1 Å². The smallest absolute Gasteiger partial charge is 0.262 e. The molecule has 0 aliphatic carbocycles. The second-order valence-corrected chi connectivity index (χ2v) is 5.62. The molecule has 2 aromatic rings. The molecule has 0 saturated carbocycles. The number of carbonyl (C=O) groups is 2. The molecule has 1 aliphatic rings. The summed E-state index contributed by atoms with van der Waals surface area (Å²) in [5, 5.41) is 5.53. The van der Waals surface area contributed by atoms with Crippen molar-refractivity contribution in [1.82, 2.24) is 5.32 Å². The van der Waals surface area contributed by atoms with E-state index in [2.05, 4.69) is 10.6 Å². The number of anilines is 1. The first-order valence-corrected chi connectivity index (χ1v) is 7.75. The van der Waals surface area contributed by atoms with E-state index in [0.29, 0.717) is 17.2 Å². The molecule has 7 heteroatoms. The van der Waals surface area contributed by atoms with E-state index in [1.165, 1.54) is 24.3 Å². The zero-order chi connectivity index (χ0) is 17.8. The molecular formula is C18H17FN2O4. The molecule has 0 unspecified atom stereocenters. The van der Waals surface area contributed by atoms with E-state index in [1.54, 1.807) is 12.1 Å². The molecule has 6 nitrogen and oxygen atoms in total. The van der Waals surface area contributed by atoms with Gasteiger partial charge < -0.3 is 20.1 Å². The minimum absolute atomic E-state index is 0.000634. The van der Waals surface area contributed by atoms with Gasteiger partial charge in [-0.2, -0.15) is 0 Å². The second-order valence-electron chi connectivity index (χ2n) is 5.62. The Bertz CT molecular complexity index is 792. The first-order chi connectivity index (χ1) is 12.0. The van der Waals surface area contributed by atoms with Crippen LogP contribution in [0.4, 0.5) is 10.1 Å². The van der Waals surface area contributed by atoms with Crippen molar-refractivity contribution in [2.75, 3.05) is 18.5 Å². The quantitative estimate of drug-likeness (QED) is 0.873. The number of benzene rings is 2. The largest absolute Gasteiger partial charge is 0.484 e. The summed E-state index contributed by atoms with van der Waals surface area (Å²) >= 11 is 0. The highest BCUT2D eigenvalue weighted by molar-refractivity contribution is 5.95. The lowest BCUT2D eigenvalue weighted by Gasteiger charge is -2.21. The van der Waals surface area contributed by atoms with Crippen LogP contribution in [0.15, 0.2) is 42.5 Å². The van der Waals surface area contributed by atoms with E-state index in [9.17, 15) is 14.0 Å². The molecule has 2 N–H and O–H groups in total. The Kier molecular flexibility index (Phi) is 4.83. The molecular weight excluding hydrogens is 327 g/mol. The van der Waals surface area contributed by atoms with Gasteiger partial charge in [0.1, 0.15) is 17.3 Å². The van der Waals surface area contributed by atoms with Crippen LogP contribution in [0.5, 0.6) is 11.5 Å². The Morgan fingerprint density at radius 3 is 2.84 bits per heavy atom. The summed E-state index contributed by atoms with van der Waals surface area (Å²) < 4.78 is 23.4. The molecule has 0 saturated heterocycles. The molecule has 0 aromatic heterocycles. The molecule has 2 aromatic carbocycles. The van der Waals surface area contributed by atoms with Crippen molar-refractivity contribution in [2.24, 2.45) is 0 Å². The van der Waals surface area contributed by atoms with E-state index in [-0.39, 0.29) is 36.9 Å². The lowest BCUT2D eigenvalue weighted by Crippen LogP contribution is -2.31. The van der Waals surface area contributed by atoms with Gasteiger partial charge in [-0.25, -0.2) is 4.39 Å². The van der Waals surface area contributed by atoms with Crippen molar-refractivity contribution in [3.8, 4) is 11.5 Å². The predicted octanol–water partition coefficient (Wildman–Crippen LogP) is 2.41. The Balaban J connectivity index is 1.57. The van der Waals surface area contributed by atoms with Gasteiger partial charge in [0.2, 0.25) is 0 Å². The maximum absolute atomic E-state index is 12.8. The van der Waals surface area contributed by atoms with Gasteiger partial charge in [0.25, 0.3) is 11.8 Å². The topological polar surface area (TPSA) is 76.7 Å². The minimum atomic E-state index is -0.367. The van der Waals surface area contributed by atoms with Crippen LogP contribution in [0.2, 0.25) is 0 Å². The van der Waals surface area contributed by atoms with Crippen LogP contribution in [0.25, 0.3) is 0 Å². The normalized spacial score (nSPS) is 13.9. The third kappa shape index (κ3) is 4.26. The van der Waals surface area contributed by atoms with E-state index in [1.807, 2.05) is 13.0 Å². The summed E-state index contributed by atoms with van der Waals surface area (Å²) in [5.74, 6) is 0.122. The van der Waals surface area contributed by atoms with Gasteiger partial charge in [0.15, 0.2) is 13.2 Å². The molecule has 2 amide bonds. The van der Waals surface area contributed by atoms with Crippen LogP contribution in [0, 0.1) is 5.82 Å². The Morgan fingerprint density at radius 2 is 2.08 bits per heavy atom. The number of amides is 2. The molecule has 0 fully saturated rings. The number of rotatable bonds is 5. The molecule has 1 heterocycles. The molecule has 1 aliphatic heterocycles. The highest BCUT2D eigenvalue weighted by atomic mass is 19.1. The van der Waals surface area contributed by atoms with Crippen molar-refractivity contribution in [3.05, 3.63) is 53.8 Å². The fourth-order valence-electron chi connectivity index (χ4n) is 2.42. The number of nitrogens with one attached hydrogen (secondary N) is 2. The lowest BCUT2D eigenvalue weighted by atomic mass is 10.1. The van der Waals surface area contributed by atoms with Gasteiger partial charge >= 0.3 is 0 Å². The third-order valence-corrected chi connectivity index (χ3v) is 3.70. The van der Waals surface area contributed by atoms with Gasteiger partial charge in [0, 0.05) is 0 Å². The monoisotopic (exact) mass is 344 g/mol. The lowest BCUT2D eigenvalue weighted by molar-refractivity contribution is -0.123. The number of carbonyl (C=O) groups excluding carboxylic acids is 2. The summed E-state index contributed by atoms with van der Waals surface area (Å²) in [6.07, 6.45) is 0. The number of hydrogen-bond acceptors (Lipinski definition) is 4. The number of ether oxygens (including phenoxy) is 2. The highest BCUT2D eigenvalue weighted by Crippen LogP contribution is 2.30. The summed E-state index contributed by atoms with van der Waals surface area (Å²) in [6, 6.07) is 10.5. The summed E-state index contributed by atoms with van der Waals surface area (Å²) in [6.45, 7) is 1.64. The fraction of sp³-hybridized carbons (Fsp3) is 0.222. The first-order valence-electron chi connectivity index (χ1n) is 7.75. The van der Waals surface area contributed by atoms with Crippen molar-refractivity contribution in [3.63, 3.8) is 0 Å². The maximum Gasteiger partial charge on any atom is 0.262 e.